The van der Waals surface area contributed by atoms with Gasteiger partial charge in [-0.1, -0.05) is 52.3 Å². The fourth-order valence-electron chi connectivity index (χ4n) is 10.8. The number of nitrogens with one attached hydrogen (secondary N) is 4. The summed E-state index contributed by atoms with van der Waals surface area (Å²) in [6, 6.07) is 13.8. The number of hydrogen-bond donors (Lipinski definition) is 4. The van der Waals surface area contributed by atoms with Crippen LogP contribution in [-0.4, -0.2) is 93.1 Å². The van der Waals surface area contributed by atoms with Gasteiger partial charge in [0.25, 0.3) is 0 Å². The molecule has 4 atom stereocenters. The highest BCUT2D eigenvalue weighted by atomic mass is 32.1. The van der Waals surface area contributed by atoms with Crippen molar-refractivity contribution in [2.24, 2.45) is 11.8 Å². The third-order valence-electron chi connectivity index (χ3n) is 14.3. The van der Waals surface area contributed by atoms with Gasteiger partial charge in [0.2, 0.25) is 11.8 Å². The lowest BCUT2D eigenvalue weighted by atomic mass is 9.56. The van der Waals surface area contributed by atoms with Gasteiger partial charge in [0, 0.05) is 18.0 Å². The number of fused-ring (bicyclic) bond motifs is 3. The third-order valence-corrected chi connectivity index (χ3v) is 15.4. The van der Waals surface area contributed by atoms with Crippen molar-refractivity contribution in [2.75, 3.05) is 27.3 Å². The van der Waals surface area contributed by atoms with E-state index in [1.54, 1.807) is 11.3 Å². The molecule has 0 radical (unpaired) electrons. The first kappa shape index (κ1) is 43.5. The lowest BCUT2D eigenvalue weighted by Crippen LogP contribution is -2.51. The van der Waals surface area contributed by atoms with Gasteiger partial charge < -0.3 is 39.9 Å². The second kappa shape index (κ2) is 17.7. The fourth-order valence-corrected chi connectivity index (χ4v) is 11.8. The van der Waals surface area contributed by atoms with Crippen LogP contribution in [0.1, 0.15) is 120 Å². The minimum Gasteiger partial charge on any atom is -0.453 e. The zero-order valence-corrected chi connectivity index (χ0v) is 38.5. The molecule has 2 aromatic carbocycles. The number of hydrogen-bond acceptors (Lipinski definition) is 9. The Kier molecular flexibility index (Phi) is 12.0. The monoisotopic (exact) mass is 888 g/mol. The third kappa shape index (κ3) is 7.94. The van der Waals surface area contributed by atoms with Gasteiger partial charge in [0.05, 0.1) is 54.1 Å². The molecular formula is C49H60N8O6S. The summed E-state index contributed by atoms with van der Waals surface area (Å²) in [4.78, 5) is 74.9. The Morgan fingerprint density at radius 1 is 0.750 bits per heavy atom. The number of ether oxygens (including phenoxy) is 2. The number of imidazole rings is 2. The number of benzene rings is 2. The SMILES string of the molecule is COC(=O)NC(C(=O)N1CCCC1c1ncc(-c2ccc(-c3ccc(-c4ccc5nc(C6CCCN6C(=O)C(NC(=O)OC)C(C)C)[nH]c5c4)c4c3CCCC43CCC3)s2)[nH]1)C(C)C. The number of methoxy groups -OCH3 is 2. The highest BCUT2D eigenvalue weighted by molar-refractivity contribution is 7.18. The van der Waals surface area contributed by atoms with Crippen molar-refractivity contribution < 1.29 is 28.7 Å². The molecule has 1 saturated carbocycles. The molecule has 2 aliphatic carbocycles. The van der Waals surface area contributed by atoms with E-state index in [2.05, 4.69) is 63.1 Å². The van der Waals surface area contributed by atoms with E-state index in [0.29, 0.717) is 13.1 Å². The van der Waals surface area contributed by atoms with E-state index < -0.39 is 24.3 Å². The number of carbonyl (C=O) groups is 4. The molecule has 1 spiro atoms. The number of thiophene rings is 1. The number of aromatic nitrogens is 4. The summed E-state index contributed by atoms with van der Waals surface area (Å²) < 4.78 is 9.64. The summed E-state index contributed by atoms with van der Waals surface area (Å²) >= 11 is 1.76. The molecule has 4 N–H and O–H groups in total. The first-order chi connectivity index (χ1) is 30.9. The summed E-state index contributed by atoms with van der Waals surface area (Å²) in [5.74, 6) is 1.07. The van der Waals surface area contributed by atoms with Gasteiger partial charge in [0.15, 0.2) is 0 Å². The maximum Gasteiger partial charge on any atom is 0.407 e. The van der Waals surface area contributed by atoms with Gasteiger partial charge in [0.1, 0.15) is 23.7 Å². The van der Waals surface area contributed by atoms with Gasteiger partial charge in [-0.05, 0) is 127 Å². The maximum atomic E-state index is 13.8. The number of aromatic amines is 2. The Morgan fingerprint density at radius 3 is 1.97 bits per heavy atom. The lowest BCUT2D eigenvalue weighted by molar-refractivity contribution is -0.136. The molecule has 3 fully saturated rings. The molecule has 4 aliphatic rings. The first-order valence-electron chi connectivity index (χ1n) is 23.0. The van der Waals surface area contributed by atoms with Gasteiger partial charge in [-0.3, -0.25) is 9.59 Å². The van der Waals surface area contributed by atoms with Crippen LogP contribution in [0, 0.1) is 11.8 Å². The predicted molar refractivity (Wildman–Crippen MR) is 247 cm³/mol. The Labute approximate surface area is 378 Å². The van der Waals surface area contributed by atoms with Gasteiger partial charge in [-0.2, -0.15) is 0 Å². The second-order valence-electron chi connectivity index (χ2n) is 18.8. The van der Waals surface area contributed by atoms with E-state index in [-0.39, 0.29) is 41.1 Å². The van der Waals surface area contributed by atoms with Crippen LogP contribution in [0.25, 0.3) is 43.2 Å². The highest BCUT2D eigenvalue weighted by Gasteiger charge is 2.44. The Balaban J connectivity index is 0.988. The number of alkyl carbamates (subject to hydrolysis) is 2. The van der Waals surface area contributed by atoms with Crippen LogP contribution in [0.3, 0.4) is 0 Å². The average Bonchev–Trinajstić information content (AvgIpc) is 4.14. The summed E-state index contributed by atoms with van der Waals surface area (Å²) in [6.07, 6.45) is 11.0. The van der Waals surface area contributed by atoms with E-state index in [1.165, 1.54) is 73.5 Å². The molecule has 15 heteroatoms. The zero-order chi connectivity index (χ0) is 44.9. The Morgan fingerprint density at radius 2 is 1.36 bits per heavy atom. The number of nitrogens with zero attached hydrogens (tertiary/aromatic N) is 4. The molecule has 338 valence electrons. The van der Waals surface area contributed by atoms with Crippen molar-refractivity contribution in [1.82, 2.24) is 40.4 Å². The molecule has 4 unspecified atom stereocenters. The summed E-state index contributed by atoms with van der Waals surface area (Å²) in [7, 11) is 2.61. The average molecular weight is 889 g/mol. The lowest BCUT2D eigenvalue weighted by Gasteiger charge is -2.48. The quantitative estimate of drug-likeness (QED) is 0.102. The molecule has 64 heavy (non-hydrogen) atoms. The van der Waals surface area contributed by atoms with Crippen molar-refractivity contribution in [3.63, 3.8) is 0 Å². The number of amides is 4. The summed E-state index contributed by atoms with van der Waals surface area (Å²) in [5, 5.41) is 5.48. The zero-order valence-electron chi connectivity index (χ0n) is 37.7. The van der Waals surface area contributed by atoms with E-state index >= 15 is 0 Å². The van der Waals surface area contributed by atoms with Crippen LogP contribution in [0.4, 0.5) is 9.59 Å². The predicted octanol–water partition coefficient (Wildman–Crippen LogP) is 9.19. The molecule has 2 saturated heterocycles. The normalized spacial score (nSPS) is 20.1. The Bertz CT molecular complexity index is 2570. The fraction of sp³-hybridized carbons (Fsp3) is 0.510. The molecule has 14 nitrogen and oxygen atoms in total. The maximum absolute atomic E-state index is 13.8. The molecule has 0 bridgehead atoms. The Hall–Kier alpha value is -5.70. The molecule has 2 aliphatic heterocycles. The van der Waals surface area contributed by atoms with E-state index in [1.807, 2.05) is 43.7 Å². The summed E-state index contributed by atoms with van der Waals surface area (Å²) in [5.41, 5.74) is 9.61. The summed E-state index contributed by atoms with van der Waals surface area (Å²) in [6.45, 7) is 8.90. The highest BCUT2D eigenvalue weighted by Crippen LogP contribution is 2.56. The van der Waals surface area contributed by atoms with Crippen molar-refractivity contribution >= 4 is 46.4 Å². The van der Waals surface area contributed by atoms with E-state index in [0.717, 1.165) is 70.9 Å². The molecule has 9 rings (SSSR count). The van der Waals surface area contributed by atoms with Crippen LogP contribution in [0.5, 0.6) is 0 Å². The number of rotatable bonds is 11. The number of likely N-dealkylation sites (tertiary alicyclic amines) is 2. The largest absolute Gasteiger partial charge is 0.453 e. The number of H-pyrrole nitrogens is 2. The van der Waals surface area contributed by atoms with Crippen LogP contribution in [0.2, 0.25) is 0 Å². The second-order valence-corrected chi connectivity index (χ2v) is 19.9. The molecule has 5 aromatic rings. The molecule has 5 heterocycles. The molecule has 3 aromatic heterocycles. The number of carbonyl (C=O) groups excluding carboxylic acids is 4. The van der Waals surface area contributed by atoms with Crippen molar-refractivity contribution in [1.29, 1.82) is 0 Å². The van der Waals surface area contributed by atoms with Crippen molar-refractivity contribution in [3.05, 3.63) is 71.4 Å². The van der Waals surface area contributed by atoms with Crippen molar-refractivity contribution in [3.8, 4) is 32.1 Å². The van der Waals surface area contributed by atoms with Crippen LogP contribution < -0.4 is 10.6 Å². The standard InChI is InChI=1S/C49H60N8O6S/c1-27(2)41(54-47(60)62-5)45(58)56-23-8-12-36(56)43-50-26-35(53-43)39-19-18-38(64-39)31-16-15-30(40-32(31)11-7-20-49(40)21-10-22-49)29-14-17-33-34(25-29)52-44(51-33)37-13-9-24-57(37)46(59)42(28(3)4)55-48(61)63-6/h14-19,25-28,36-37,41-42H,7-13,20-24H2,1-6H3,(H,50,53)(H,51,52)(H,54,60)(H,55,61). The van der Waals surface area contributed by atoms with E-state index in [9.17, 15) is 19.2 Å². The van der Waals surface area contributed by atoms with Gasteiger partial charge >= 0.3 is 12.2 Å². The molecule has 4 amide bonds. The molecular weight excluding hydrogens is 829 g/mol. The topological polar surface area (TPSA) is 175 Å². The smallest absolute Gasteiger partial charge is 0.407 e. The van der Waals surface area contributed by atoms with Gasteiger partial charge in [-0.25, -0.2) is 19.6 Å². The first-order valence-corrected chi connectivity index (χ1v) is 23.8. The van der Waals surface area contributed by atoms with Crippen LogP contribution in [-0.2, 0) is 30.9 Å². The van der Waals surface area contributed by atoms with Crippen molar-refractivity contribution in [2.45, 2.75) is 121 Å². The van der Waals surface area contributed by atoms with Crippen LogP contribution in [0.15, 0.2) is 48.7 Å². The minimum absolute atomic E-state index is 0.103. The van der Waals surface area contributed by atoms with E-state index in [4.69, 9.17) is 19.4 Å². The van der Waals surface area contributed by atoms with Gasteiger partial charge in [-0.15, -0.1) is 11.3 Å². The van der Waals surface area contributed by atoms with Crippen LogP contribution >= 0.6 is 11.3 Å². The minimum atomic E-state index is -0.689.